The molecule has 2 aromatic heterocycles. The van der Waals surface area contributed by atoms with Gasteiger partial charge in [0.2, 0.25) is 0 Å². The van der Waals surface area contributed by atoms with E-state index in [2.05, 4.69) is 14.9 Å². The minimum Gasteiger partial charge on any atom is -0.343 e. The summed E-state index contributed by atoms with van der Waals surface area (Å²) in [5, 5.41) is 3.11. The highest BCUT2D eigenvalue weighted by Crippen LogP contribution is 2.18. The van der Waals surface area contributed by atoms with Crippen molar-refractivity contribution in [3.63, 3.8) is 0 Å². The van der Waals surface area contributed by atoms with E-state index in [0.717, 1.165) is 37.0 Å². The van der Waals surface area contributed by atoms with Crippen molar-refractivity contribution in [3.8, 4) is 0 Å². The third-order valence-electron chi connectivity index (χ3n) is 3.41. The Hall–Kier alpha value is -1.73. The van der Waals surface area contributed by atoms with E-state index >= 15 is 0 Å². The van der Waals surface area contributed by atoms with Crippen LogP contribution in [0.15, 0.2) is 17.8 Å². The Morgan fingerprint density at radius 2 is 2.25 bits per heavy atom. The van der Waals surface area contributed by atoms with E-state index < -0.39 is 0 Å². The maximum atomic E-state index is 12.1. The summed E-state index contributed by atoms with van der Waals surface area (Å²) < 4.78 is 2.03. The van der Waals surface area contributed by atoms with Crippen LogP contribution in [0.1, 0.15) is 21.3 Å². The second-order valence-electron chi connectivity index (χ2n) is 5.05. The van der Waals surface area contributed by atoms with Crippen LogP contribution in [-0.4, -0.2) is 50.9 Å². The number of imidazole rings is 1. The molecule has 3 rings (SSSR count). The van der Waals surface area contributed by atoms with Gasteiger partial charge in [0.1, 0.15) is 16.5 Å². The van der Waals surface area contributed by atoms with E-state index in [1.807, 2.05) is 16.1 Å². The van der Waals surface area contributed by atoms with Gasteiger partial charge in [-0.2, -0.15) is 0 Å². The van der Waals surface area contributed by atoms with Crippen molar-refractivity contribution in [1.29, 1.82) is 0 Å². The molecule has 0 aromatic carbocycles. The fraction of sp³-hybridized carbons (Fsp3) is 0.462. The first kappa shape index (κ1) is 13.3. The van der Waals surface area contributed by atoms with E-state index in [1.54, 1.807) is 36.5 Å². The van der Waals surface area contributed by atoms with Gasteiger partial charge in [-0.1, -0.05) is 0 Å². The molecule has 0 unspecified atom stereocenters. The predicted molar refractivity (Wildman–Crippen MR) is 76.5 cm³/mol. The fourth-order valence-electron chi connectivity index (χ4n) is 2.37. The van der Waals surface area contributed by atoms with Gasteiger partial charge in [0.25, 0.3) is 5.91 Å². The van der Waals surface area contributed by atoms with Crippen LogP contribution in [0.5, 0.6) is 0 Å². The number of hydrogen-bond acceptors (Lipinski definition) is 5. The van der Waals surface area contributed by atoms with Crippen LogP contribution in [-0.2, 0) is 19.6 Å². The van der Waals surface area contributed by atoms with Crippen molar-refractivity contribution < 1.29 is 4.79 Å². The largest absolute Gasteiger partial charge is 0.343 e. The first-order valence-electron chi connectivity index (χ1n) is 6.52. The Kier molecular flexibility index (Phi) is 3.54. The van der Waals surface area contributed by atoms with Crippen molar-refractivity contribution >= 4 is 17.2 Å². The summed E-state index contributed by atoms with van der Waals surface area (Å²) in [4.78, 5) is 24.7. The minimum atomic E-state index is 0.0112. The Bertz CT molecular complexity index is 604. The molecule has 0 spiro atoms. The van der Waals surface area contributed by atoms with Crippen molar-refractivity contribution in [2.75, 3.05) is 20.6 Å². The van der Waals surface area contributed by atoms with Gasteiger partial charge in [-0.3, -0.25) is 9.69 Å². The molecule has 7 heteroatoms. The molecule has 0 bridgehead atoms. The number of thiazole rings is 1. The lowest BCUT2D eigenvalue weighted by Gasteiger charge is -2.27. The number of rotatable bonds is 3. The molecular formula is C13H17N5OS. The van der Waals surface area contributed by atoms with E-state index in [1.165, 1.54) is 0 Å². The summed E-state index contributed by atoms with van der Waals surface area (Å²) in [5.41, 5.74) is 0.680. The molecule has 1 amide bonds. The Labute approximate surface area is 121 Å². The van der Waals surface area contributed by atoms with Crippen LogP contribution in [0.25, 0.3) is 0 Å². The average Bonchev–Trinajstić information content (AvgIpc) is 3.06. The zero-order valence-corrected chi connectivity index (χ0v) is 12.4. The topological polar surface area (TPSA) is 54.3 Å². The molecule has 0 saturated carbocycles. The zero-order valence-electron chi connectivity index (χ0n) is 11.6. The van der Waals surface area contributed by atoms with E-state index in [-0.39, 0.29) is 5.91 Å². The zero-order chi connectivity index (χ0) is 14.1. The van der Waals surface area contributed by atoms with Gasteiger partial charge in [-0.25, -0.2) is 9.97 Å². The van der Waals surface area contributed by atoms with Gasteiger partial charge >= 0.3 is 0 Å². The summed E-state index contributed by atoms with van der Waals surface area (Å²) >= 11 is 1.67. The van der Waals surface area contributed by atoms with Crippen LogP contribution >= 0.6 is 11.3 Å². The van der Waals surface area contributed by atoms with Crippen LogP contribution < -0.4 is 0 Å². The van der Waals surface area contributed by atoms with Crippen molar-refractivity contribution in [3.05, 3.63) is 34.3 Å². The quantitative estimate of drug-likeness (QED) is 0.848. The van der Waals surface area contributed by atoms with Gasteiger partial charge in [-0.05, 0) is 0 Å². The van der Waals surface area contributed by atoms with Crippen LogP contribution in [0, 0.1) is 0 Å². The SMILES string of the molecule is CN(C)C(=O)c1cnc2n1CCN(Cc1nccs1)C2. The maximum Gasteiger partial charge on any atom is 0.271 e. The molecule has 3 heterocycles. The maximum absolute atomic E-state index is 12.1. The number of aromatic nitrogens is 3. The second kappa shape index (κ2) is 5.34. The molecule has 1 aliphatic heterocycles. The summed E-state index contributed by atoms with van der Waals surface area (Å²) in [6, 6.07) is 0. The highest BCUT2D eigenvalue weighted by molar-refractivity contribution is 7.09. The number of carbonyl (C=O) groups excluding carboxylic acids is 1. The minimum absolute atomic E-state index is 0.0112. The molecule has 0 fully saturated rings. The van der Waals surface area contributed by atoms with E-state index in [9.17, 15) is 4.79 Å². The molecular weight excluding hydrogens is 274 g/mol. The molecule has 0 atom stereocenters. The molecule has 1 aliphatic rings. The van der Waals surface area contributed by atoms with Crippen LogP contribution in [0.3, 0.4) is 0 Å². The highest BCUT2D eigenvalue weighted by atomic mass is 32.1. The normalized spacial score (nSPS) is 15.1. The molecule has 0 saturated heterocycles. The summed E-state index contributed by atoms with van der Waals surface area (Å²) in [5.74, 6) is 0.968. The lowest BCUT2D eigenvalue weighted by atomic mass is 10.3. The number of nitrogens with zero attached hydrogens (tertiary/aromatic N) is 5. The lowest BCUT2D eigenvalue weighted by Crippen LogP contribution is -2.35. The smallest absolute Gasteiger partial charge is 0.271 e. The summed E-state index contributed by atoms with van der Waals surface area (Å²) in [6.45, 7) is 3.33. The van der Waals surface area contributed by atoms with Crippen molar-refractivity contribution in [2.24, 2.45) is 0 Å². The van der Waals surface area contributed by atoms with Gasteiger partial charge in [-0.15, -0.1) is 11.3 Å². The Morgan fingerprint density at radius 3 is 2.95 bits per heavy atom. The van der Waals surface area contributed by atoms with E-state index in [4.69, 9.17) is 0 Å². The highest BCUT2D eigenvalue weighted by Gasteiger charge is 2.23. The standard InChI is InChI=1S/C13H17N5OS/c1-16(2)13(19)10-7-15-11-8-17(4-5-18(10)11)9-12-14-3-6-20-12/h3,6-7H,4-5,8-9H2,1-2H3. The average molecular weight is 291 g/mol. The molecule has 20 heavy (non-hydrogen) atoms. The van der Waals surface area contributed by atoms with Gasteiger partial charge in [0.15, 0.2) is 0 Å². The van der Waals surface area contributed by atoms with Crippen LogP contribution in [0.2, 0.25) is 0 Å². The Morgan fingerprint density at radius 1 is 1.40 bits per heavy atom. The Balaban J connectivity index is 1.75. The van der Waals surface area contributed by atoms with Crippen molar-refractivity contribution in [1.82, 2.24) is 24.3 Å². The first-order valence-corrected chi connectivity index (χ1v) is 7.40. The van der Waals surface area contributed by atoms with E-state index in [0.29, 0.717) is 5.69 Å². The van der Waals surface area contributed by atoms with Gasteiger partial charge in [0.05, 0.1) is 19.3 Å². The first-order chi connectivity index (χ1) is 9.65. The third kappa shape index (κ3) is 2.46. The third-order valence-corrected chi connectivity index (χ3v) is 4.18. The molecule has 0 N–H and O–H groups in total. The predicted octanol–water partition coefficient (Wildman–Crippen LogP) is 1.06. The molecule has 6 nitrogen and oxygen atoms in total. The lowest BCUT2D eigenvalue weighted by molar-refractivity contribution is 0.0812. The summed E-state index contributed by atoms with van der Waals surface area (Å²) in [7, 11) is 3.53. The van der Waals surface area contributed by atoms with Gasteiger partial charge < -0.3 is 9.47 Å². The molecule has 0 aliphatic carbocycles. The van der Waals surface area contributed by atoms with Gasteiger partial charge in [0, 0.05) is 38.8 Å². The second-order valence-corrected chi connectivity index (χ2v) is 6.03. The number of hydrogen-bond donors (Lipinski definition) is 0. The number of amides is 1. The number of fused-ring (bicyclic) bond motifs is 1. The molecule has 106 valence electrons. The molecule has 0 radical (unpaired) electrons. The summed E-state index contributed by atoms with van der Waals surface area (Å²) in [6.07, 6.45) is 3.52. The number of carbonyl (C=O) groups is 1. The van der Waals surface area contributed by atoms with Crippen molar-refractivity contribution in [2.45, 2.75) is 19.6 Å². The monoisotopic (exact) mass is 291 g/mol. The van der Waals surface area contributed by atoms with Crippen LogP contribution in [0.4, 0.5) is 0 Å². The molecule has 2 aromatic rings. The fourth-order valence-corrected chi connectivity index (χ4v) is 3.02.